The number of hydrogen-bond acceptors (Lipinski definition) is 2. The molecule has 120 valence electrons. The third-order valence-corrected chi connectivity index (χ3v) is 3.61. The molecule has 0 saturated heterocycles. The summed E-state index contributed by atoms with van der Waals surface area (Å²) in [5.74, 6) is 0.325. The summed E-state index contributed by atoms with van der Waals surface area (Å²) in [6, 6.07) is 0. The quantitative estimate of drug-likeness (QED) is 0.609. The lowest BCUT2D eigenvalue weighted by molar-refractivity contribution is -0.133. The van der Waals surface area contributed by atoms with Crippen molar-refractivity contribution in [2.75, 3.05) is 32.7 Å². The topological polar surface area (TPSA) is 23.6 Å². The van der Waals surface area contributed by atoms with Gasteiger partial charge in [0.15, 0.2) is 0 Å². The molecule has 0 aromatic heterocycles. The van der Waals surface area contributed by atoms with Gasteiger partial charge in [-0.15, -0.1) is 0 Å². The van der Waals surface area contributed by atoms with Crippen LogP contribution in [0.5, 0.6) is 0 Å². The molecule has 0 heterocycles. The Balaban J connectivity index is 4.30. The fourth-order valence-electron chi connectivity index (χ4n) is 2.30. The van der Waals surface area contributed by atoms with Crippen LogP contribution in [0.3, 0.4) is 0 Å². The minimum absolute atomic E-state index is 0.0838. The van der Waals surface area contributed by atoms with Crippen molar-refractivity contribution in [3.63, 3.8) is 0 Å². The second kappa shape index (κ2) is 10.2. The van der Waals surface area contributed by atoms with E-state index in [0.29, 0.717) is 12.3 Å². The van der Waals surface area contributed by atoms with Crippen LogP contribution in [0.25, 0.3) is 0 Å². The first-order valence-electron chi connectivity index (χ1n) is 8.34. The van der Waals surface area contributed by atoms with E-state index in [4.69, 9.17) is 0 Å². The van der Waals surface area contributed by atoms with E-state index in [1.54, 1.807) is 0 Å². The summed E-state index contributed by atoms with van der Waals surface area (Å²) < 4.78 is 0. The molecule has 0 radical (unpaired) electrons. The molecule has 0 N–H and O–H groups in total. The highest BCUT2D eigenvalue weighted by Gasteiger charge is 2.20. The summed E-state index contributed by atoms with van der Waals surface area (Å²) in [7, 11) is 0. The van der Waals surface area contributed by atoms with Gasteiger partial charge in [-0.05, 0) is 37.9 Å². The Labute approximate surface area is 126 Å². The van der Waals surface area contributed by atoms with Crippen molar-refractivity contribution in [3.8, 4) is 0 Å². The summed E-state index contributed by atoms with van der Waals surface area (Å²) in [5, 5.41) is 0. The van der Waals surface area contributed by atoms with Gasteiger partial charge in [-0.2, -0.15) is 0 Å². The Morgan fingerprint density at radius 1 is 0.900 bits per heavy atom. The van der Waals surface area contributed by atoms with Crippen molar-refractivity contribution >= 4 is 5.91 Å². The maximum absolute atomic E-state index is 12.4. The molecule has 0 bridgehead atoms. The molecule has 3 nitrogen and oxygen atoms in total. The normalized spacial score (nSPS) is 11.9. The minimum Gasteiger partial charge on any atom is -0.343 e. The highest BCUT2D eigenvalue weighted by Crippen LogP contribution is 2.20. The van der Waals surface area contributed by atoms with Gasteiger partial charge in [0.1, 0.15) is 0 Å². The molecule has 0 aliphatic carbocycles. The zero-order chi connectivity index (χ0) is 15.6. The summed E-state index contributed by atoms with van der Waals surface area (Å²) in [6.07, 6.45) is 4.00. The van der Waals surface area contributed by atoms with Crippen molar-refractivity contribution < 1.29 is 4.79 Å². The Bertz CT molecular complexity index is 254. The van der Waals surface area contributed by atoms with Crippen LogP contribution in [-0.2, 0) is 4.79 Å². The molecule has 1 amide bonds. The van der Waals surface area contributed by atoms with Crippen LogP contribution in [0.15, 0.2) is 0 Å². The Morgan fingerprint density at radius 3 is 1.90 bits per heavy atom. The lowest BCUT2D eigenvalue weighted by Gasteiger charge is -2.28. The second-order valence-corrected chi connectivity index (χ2v) is 6.85. The van der Waals surface area contributed by atoms with Gasteiger partial charge in [0.2, 0.25) is 5.91 Å². The van der Waals surface area contributed by atoms with Crippen LogP contribution < -0.4 is 0 Å². The van der Waals surface area contributed by atoms with Crippen molar-refractivity contribution in [2.24, 2.45) is 5.41 Å². The number of carbonyl (C=O) groups is 1. The third-order valence-electron chi connectivity index (χ3n) is 3.61. The molecule has 0 rings (SSSR count). The first-order chi connectivity index (χ1) is 9.34. The molecule has 0 fully saturated rings. The number of carbonyl (C=O) groups excluding carboxylic acids is 1. The van der Waals surface area contributed by atoms with Crippen molar-refractivity contribution in [1.29, 1.82) is 0 Å². The zero-order valence-electron chi connectivity index (χ0n) is 14.7. The predicted molar refractivity (Wildman–Crippen MR) is 88.0 cm³/mol. The van der Waals surface area contributed by atoms with Crippen LogP contribution in [0, 0.1) is 5.41 Å². The molecule has 3 heteroatoms. The van der Waals surface area contributed by atoms with Gasteiger partial charge in [0.25, 0.3) is 0 Å². The van der Waals surface area contributed by atoms with Crippen molar-refractivity contribution in [3.05, 3.63) is 0 Å². The second-order valence-electron chi connectivity index (χ2n) is 6.85. The van der Waals surface area contributed by atoms with Crippen LogP contribution >= 0.6 is 0 Å². The molecule has 0 atom stereocenters. The Kier molecular flexibility index (Phi) is 9.91. The van der Waals surface area contributed by atoms with E-state index < -0.39 is 0 Å². The van der Waals surface area contributed by atoms with Crippen molar-refractivity contribution in [1.82, 2.24) is 9.80 Å². The molecule has 20 heavy (non-hydrogen) atoms. The average Bonchev–Trinajstić information content (AvgIpc) is 2.36. The average molecular weight is 284 g/mol. The maximum atomic E-state index is 12.4. The van der Waals surface area contributed by atoms with Crippen LogP contribution in [-0.4, -0.2) is 48.4 Å². The highest BCUT2D eigenvalue weighted by atomic mass is 16.2. The number of amides is 1. The van der Waals surface area contributed by atoms with E-state index in [1.807, 2.05) is 0 Å². The largest absolute Gasteiger partial charge is 0.343 e. The fourth-order valence-corrected chi connectivity index (χ4v) is 2.30. The third kappa shape index (κ3) is 9.35. The summed E-state index contributed by atoms with van der Waals surface area (Å²) in [4.78, 5) is 16.9. The van der Waals surface area contributed by atoms with E-state index >= 15 is 0 Å². The van der Waals surface area contributed by atoms with E-state index in [2.05, 4.69) is 51.3 Å². The number of unbranched alkanes of at least 4 members (excludes halogenated alkanes) is 1. The van der Waals surface area contributed by atoms with Gasteiger partial charge in [-0.3, -0.25) is 4.79 Å². The first-order valence-corrected chi connectivity index (χ1v) is 8.34. The molecule has 0 aliphatic rings. The molecule has 0 unspecified atom stereocenters. The lowest BCUT2D eigenvalue weighted by Crippen LogP contribution is -2.36. The highest BCUT2D eigenvalue weighted by molar-refractivity contribution is 5.76. The molecular weight excluding hydrogens is 248 g/mol. The van der Waals surface area contributed by atoms with Gasteiger partial charge < -0.3 is 9.80 Å². The Morgan fingerprint density at radius 2 is 1.45 bits per heavy atom. The minimum atomic E-state index is 0.0838. The monoisotopic (exact) mass is 284 g/mol. The summed E-state index contributed by atoms with van der Waals surface area (Å²) >= 11 is 0. The summed E-state index contributed by atoms with van der Waals surface area (Å²) in [6.45, 7) is 18.1. The molecular formula is C17H36N2O. The van der Waals surface area contributed by atoms with E-state index in [9.17, 15) is 4.79 Å². The van der Waals surface area contributed by atoms with E-state index in [0.717, 1.165) is 52.0 Å². The summed E-state index contributed by atoms with van der Waals surface area (Å²) in [5.41, 5.74) is 0.0838. The number of hydrogen-bond donors (Lipinski definition) is 0. The smallest absolute Gasteiger partial charge is 0.223 e. The first kappa shape index (κ1) is 19.4. The van der Waals surface area contributed by atoms with Gasteiger partial charge in [-0.1, -0.05) is 48.0 Å². The molecule has 0 spiro atoms. The van der Waals surface area contributed by atoms with Gasteiger partial charge in [0.05, 0.1) is 0 Å². The standard InChI is InChI=1S/C17H36N2O/c1-7-10-13-19(16(20)15-17(4,5)6)14-11-12-18(8-2)9-3/h7-15H2,1-6H3. The van der Waals surface area contributed by atoms with Crippen LogP contribution in [0.2, 0.25) is 0 Å². The fraction of sp³-hybridized carbons (Fsp3) is 0.941. The SMILES string of the molecule is CCCCN(CCCN(CC)CC)C(=O)CC(C)(C)C. The lowest BCUT2D eigenvalue weighted by atomic mass is 9.91. The zero-order valence-corrected chi connectivity index (χ0v) is 14.7. The van der Waals surface area contributed by atoms with Crippen LogP contribution in [0.1, 0.15) is 67.2 Å². The van der Waals surface area contributed by atoms with Gasteiger partial charge >= 0.3 is 0 Å². The maximum Gasteiger partial charge on any atom is 0.223 e. The van der Waals surface area contributed by atoms with Gasteiger partial charge in [0, 0.05) is 19.5 Å². The number of nitrogens with zero attached hydrogens (tertiary/aromatic N) is 2. The molecule has 0 aliphatic heterocycles. The van der Waals surface area contributed by atoms with Crippen LogP contribution in [0.4, 0.5) is 0 Å². The predicted octanol–water partition coefficient (Wildman–Crippen LogP) is 3.78. The Hall–Kier alpha value is -0.570. The van der Waals surface area contributed by atoms with Gasteiger partial charge in [-0.25, -0.2) is 0 Å². The van der Waals surface area contributed by atoms with E-state index in [1.165, 1.54) is 0 Å². The molecule has 0 aromatic carbocycles. The van der Waals surface area contributed by atoms with E-state index in [-0.39, 0.29) is 5.41 Å². The number of rotatable bonds is 10. The molecule has 0 saturated carbocycles. The van der Waals surface area contributed by atoms with Crippen molar-refractivity contribution in [2.45, 2.75) is 67.2 Å². The molecule has 0 aromatic rings.